The number of hydrogen-bond acceptors (Lipinski definition) is 11. The summed E-state index contributed by atoms with van der Waals surface area (Å²) in [6.45, 7) is 9.12. The van der Waals surface area contributed by atoms with E-state index in [2.05, 4.69) is 36.1 Å². The smallest absolute Gasteiger partial charge is 0.413 e. The third kappa shape index (κ3) is 6.60. The van der Waals surface area contributed by atoms with E-state index < -0.39 is 29.2 Å². The number of amides is 3. The van der Waals surface area contributed by atoms with Gasteiger partial charge in [-0.05, 0) is 58.4 Å². The number of fused-ring (bicyclic) bond motifs is 2. The van der Waals surface area contributed by atoms with Crippen LogP contribution in [0.5, 0.6) is 0 Å². The lowest BCUT2D eigenvalue weighted by Gasteiger charge is -2.19. The molecule has 0 aliphatic carbocycles. The molecule has 0 saturated carbocycles. The number of nitrogens with zero attached hydrogens (tertiary/aromatic N) is 5. The topological polar surface area (TPSA) is 183 Å². The lowest BCUT2D eigenvalue weighted by Crippen LogP contribution is -2.36. The summed E-state index contributed by atoms with van der Waals surface area (Å²) in [6.07, 6.45) is 4.31. The van der Waals surface area contributed by atoms with Crippen LogP contribution in [0.2, 0.25) is 0 Å². The molecule has 0 fully saturated rings. The van der Waals surface area contributed by atoms with Crippen LogP contribution in [0.15, 0.2) is 58.2 Å². The summed E-state index contributed by atoms with van der Waals surface area (Å²) < 4.78 is 12.8. The van der Waals surface area contributed by atoms with Crippen molar-refractivity contribution < 1.29 is 23.6 Å². The average molecular weight is 657 g/mol. The SMILES string of the molecule is Cc1c(-c2ccccn2)noc1C(=O)Nc1cnc2n(c1=O)[C@H](C(=O)NCc1cc3cnc(NC(=O)OC(C)(C)C)cc3s1)C[C@H]2C. The molecule has 5 aromatic rings. The van der Waals surface area contributed by atoms with E-state index in [4.69, 9.17) is 9.26 Å². The van der Waals surface area contributed by atoms with E-state index in [1.165, 1.54) is 22.1 Å². The zero-order valence-corrected chi connectivity index (χ0v) is 27.1. The highest BCUT2D eigenvalue weighted by Crippen LogP contribution is 2.34. The molecule has 3 amide bonds. The minimum Gasteiger partial charge on any atom is -0.444 e. The van der Waals surface area contributed by atoms with E-state index in [-0.39, 0.29) is 29.8 Å². The van der Waals surface area contributed by atoms with Gasteiger partial charge in [0.2, 0.25) is 11.7 Å². The highest BCUT2D eigenvalue weighted by Gasteiger charge is 2.36. The summed E-state index contributed by atoms with van der Waals surface area (Å²) in [4.78, 5) is 66.1. The van der Waals surface area contributed by atoms with Crippen LogP contribution in [0.3, 0.4) is 0 Å². The molecule has 3 N–H and O–H groups in total. The van der Waals surface area contributed by atoms with E-state index in [1.54, 1.807) is 64.4 Å². The van der Waals surface area contributed by atoms with Crippen molar-refractivity contribution in [3.05, 3.63) is 81.3 Å². The van der Waals surface area contributed by atoms with Gasteiger partial charge in [-0.2, -0.15) is 0 Å². The van der Waals surface area contributed by atoms with Gasteiger partial charge in [-0.15, -0.1) is 11.3 Å². The number of carbonyl (C=O) groups is 3. The monoisotopic (exact) mass is 656 g/mol. The van der Waals surface area contributed by atoms with Crippen LogP contribution in [0.4, 0.5) is 16.3 Å². The zero-order chi connectivity index (χ0) is 33.5. The molecule has 6 heterocycles. The fraction of sp³-hybridized carbons (Fsp3) is 0.312. The molecule has 1 aliphatic rings. The summed E-state index contributed by atoms with van der Waals surface area (Å²) in [5.41, 5.74) is 0.148. The van der Waals surface area contributed by atoms with E-state index in [0.29, 0.717) is 35.0 Å². The highest BCUT2D eigenvalue weighted by atomic mass is 32.1. The highest BCUT2D eigenvalue weighted by molar-refractivity contribution is 7.19. The number of aromatic nitrogens is 5. The van der Waals surface area contributed by atoms with E-state index in [0.717, 1.165) is 15.0 Å². The first-order valence-corrected chi connectivity index (χ1v) is 15.7. The number of rotatable bonds is 7. The first-order valence-electron chi connectivity index (χ1n) is 14.8. The Morgan fingerprint density at radius 2 is 1.91 bits per heavy atom. The Balaban J connectivity index is 1.15. The summed E-state index contributed by atoms with van der Waals surface area (Å²) in [5, 5.41) is 13.0. The number of hydrogen-bond donors (Lipinski definition) is 3. The van der Waals surface area contributed by atoms with Gasteiger partial charge in [0.25, 0.3) is 11.5 Å². The molecule has 0 spiro atoms. The fourth-order valence-corrected chi connectivity index (χ4v) is 6.33. The quantitative estimate of drug-likeness (QED) is 0.211. The van der Waals surface area contributed by atoms with Crippen LogP contribution in [0.1, 0.15) is 72.9 Å². The molecule has 15 heteroatoms. The Kier molecular flexibility index (Phi) is 8.32. The Bertz CT molecular complexity index is 2060. The molecule has 2 atom stereocenters. The van der Waals surface area contributed by atoms with Gasteiger partial charge in [0.15, 0.2) is 0 Å². The third-order valence-electron chi connectivity index (χ3n) is 7.46. The maximum absolute atomic E-state index is 13.6. The van der Waals surface area contributed by atoms with Gasteiger partial charge >= 0.3 is 6.09 Å². The van der Waals surface area contributed by atoms with Gasteiger partial charge in [0, 0.05) is 38.8 Å². The summed E-state index contributed by atoms with van der Waals surface area (Å²) in [5.74, 6) is -0.442. The van der Waals surface area contributed by atoms with E-state index in [1.807, 2.05) is 13.0 Å². The number of nitrogens with one attached hydrogen (secondary N) is 3. The van der Waals surface area contributed by atoms with Gasteiger partial charge in [-0.1, -0.05) is 18.1 Å². The van der Waals surface area contributed by atoms with Crippen molar-refractivity contribution in [3.63, 3.8) is 0 Å². The zero-order valence-electron chi connectivity index (χ0n) is 26.3. The molecule has 0 aromatic carbocycles. The molecule has 0 unspecified atom stereocenters. The van der Waals surface area contributed by atoms with Gasteiger partial charge in [-0.3, -0.25) is 29.3 Å². The van der Waals surface area contributed by atoms with Crippen molar-refractivity contribution in [3.8, 4) is 11.4 Å². The first kappa shape index (κ1) is 31.5. The second-order valence-electron chi connectivity index (χ2n) is 12.2. The summed E-state index contributed by atoms with van der Waals surface area (Å²) in [6, 6.07) is 8.13. The van der Waals surface area contributed by atoms with Gasteiger partial charge < -0.3 is 19.9 Å². The number of carbonyl (C=O) groups excluding carboxylic acids is 3. The second kappa shape index (κ2) is 12.4. The van der Waals surface area contributed by atoms with Gasteiger partial charge in [0.1, 0.15) is 34.7 Å². The predicted octanol–water partition coefficient (Wildman–Crippen LogP) is 5.18. The summed E-state index contributed by atoms with van der Waals surface area (Å²) in [7, 11) is 0. The lowest BCUT2D eigenvalue weighted by atomic mass is 10.1. The van der Waals surface area contributed by atoms with Crippen molar-refractivity contribution >= 4 is 50.8 Å². The molecule has 14 nitrogen and oxygen atoms in total. The van der Waals surface area contributed by atoms with Gasteiger partial charge in [0.05, 0.1) is 18.4 Å². The number of ether oxygens (including phenoxy) is 1. The average Bonchev–Trinajstić information content (AvgIpc) is 3.71. The molecule has 0 bridgehead atoms. The molecule has 6 rings (SSSR count). The molecule has 242 valence electrons. The first-order chi connectivity index (χ1) is 22.4. The van der Waals surface area contributed by atoms with Crippen LogP contribution < -0.4 is 21.5 Å². The van der Waals surface area contributed by atoms with Crippen LogP contribution in [-0.4, -0.2) is 48.2 Å². The fourth-order valence-electron chi connectivity index (χ4n) is 5.32. The molecule has 5 aromatic heterocycles. The van der Waals surface area contributed by atoms with Crippen molar-refractivity contribution in [2.75, 3.05) is 10.6 Å². The van der Waals surface area contributed by atoms with E-state index in [9.17, 15) is 19.2 Å². The molecule has 47 heavy (non-hydrogen) atoms. The van der Waals surface area contributed by atoms with Crippen molar-refractivity contribution in [1.82, 2.24) is 30.0 Å². The lowest BCUT2D eigenvalue weighted by molar-refractivity contribution is -0.124. The molecule has 1 aliphatic heterocycles. The standard InChI is InChI=1S/C32H32N8O6S/c1-16-10-22(28(41)36-14-19-11-18-13-34-24(12-23(18)47-19)38-31(44)45-32(3,4)5)40-27(16)35-15-21(30(40)43)37-29(42)26-17(2)25(39-46-26)20-8-6-7-9-33-20/h6-9,11-13,15-16,22H,10,14H2,1-5H3,(H,36,41)(H,37,42)(H,34,38,44)/t16-,22+/m1/s1. The minimum atomic E-state index is -0.819. The van der Waals surface area contributed by atoms with Crippen molar-refractivity contribution in [1.29, 1.82) is 0 Å². The molecular formula is C32H32N8O6S. The Hall–Kier alpha value is -5.44. The van der Waals surface area contributed by atoms with Crippen LogP contribution in [0.25, 0.3) is 21.5 Å². The van der Waals surface area contributed by atoms with E-state index >= 15 is 0 Å². The third-order valence-corrected chi connectivity index (χ3v) is 8.56. The van der Waals surface area contributed by atoms with Gasteiger partial charge in [-0.25, -0.2) is 14.8 Å². The van der Waals surface area contributed by atoms with Crippen molar-refractivity contribution in [2.24, 2.45) is 0 Å². The maximum atomic E-state index is 13.6. The number of pyridine rings is 2. The molecule has 0 saturated heterocycles. The predicted molar refractivity (Wildman–Crippen MR) is 174 cm³/mol. The Labute approximate surface area is 272 Å². The largest absolute Gasteiger partial charge is 0.444 e. The number of thiophene rings is 1. The molecule has 0 radical (unpaired) electrons. The van der Waals surface area contributed by atoms with Crippen molar-refractivity contribution in [2.45, 2.75) is 65.1 Å². The Morgan fingerprint density at radius 3 is 2.66 bits per heavy atom. The normalized spacial score (nSPS) is 15.7. The maximum Gasteiger partial charge on any atom is 0.413 e. The number of anilines is 2. The minimum absolute atomic E-state index is 0.0653. The van der Waals surface area contributed by atoms with Crippen LogP contribution in [-0.2, 0) is 16.1 Å². The van der Waals surface area contributed by atoms with Crippen LogP contribution >= 0.6 is 11.3 Å². The van der Waals surface area contributed by atoms with Crippen LogP contribution in [0, 0.1) is 6.92 Å². The summed E-state index contributed by atoms with van der Waals surface area (Å²) >= 11 is 1.44. The molecular weight excluding hydrogens is 624 g/mol. The second-order valence-corrected chi connectivity index (χ2v) is 13.3. The Morgan fingerprint density at radius 1 is 1.11 bits per heavy atom.